The highest BCUT2D eigenvalue weighted by molar-refractivity contribution is 5.93. The van der Waals surface area contributed by atoms with Crippen molar-refractivity contribution in [3.05, 3.63) is 70.1 Å². The zero-order valence-corrected chi connectivity index (χ0v) is 11.7. The molecule has 23 heavy (non-hydrogen) atoms. The Morgan fingerprint density at radius 3 is 2.78 bits per heavy atom. The molecular formula is C15H10N2O6. The van der Waals surface area contributed by atoms with E-state index in [4.69, 9.17) is 13.7 Å². The molecule has 0 unspecified atom stereocenters. The van der Waals surface area contributed by atoms with Crippen molar-refractivity contribution in [1.29, 1.82) is 0 Å². The highest BCUT2D eigenvalue weighted by atomic mass is 16.6. The molecule has 2 heterocycles. The summed E-state index contributed by atoms with van der Waals surface area (Å²) in [4.78, 5) is 22.2. The lowest BCUT2D eigenvalue weighted by Crippen LogP contribution is -2.08. The maximum Gasteiger partial charge on any atom is 0.345 e. The van der Waals surface area contributed by atoms with E-state index in [0.29, 0.717) is 17.2 Å². The average Bonchev–Trinajstić information content (AvgIpc) is 3.23. The number of carbonyl (C=O) groups is 1. The fraction of sp³-hybridized carbons (Fsp3) is 0.0667. The molecule has 1 aromatic carbocycles. The summed E-state index contributed by atoms with van der Waals surface area (Å²) in [5.41, 5.74) is -0.0653. The molecule has 0 amide bonds. The molecule has 0 fully saturated rings. The van der Waals surface area contributed by atoms with Gasteiger partial charge in [-0.05, 0) is 18.2 Å². The minimum Gasteiger partial charge on any atom is -0.461 e. The maximum atomic E-state index is 12.0. The zero-order chi connectivity index (χ0) is 16.2. The van der Waals surface area contributed by atoms with Gasteiger partial charge < -0.3 is 13.7 Å². The number of rotatable bonds is 5. The number of benzene rings is 1. The average molecular weight is 314 g/mol. The molecule has 0 bridgehead atoms. The minimum atomic E-state index is -0.806. The Balaban J connectivity index is 1.69. The van der Waals surface area contributed by atoms with Gasteiger partial charge in [0.2, 0.25) is 5.76 Å². The molecule has 0 N–H and O–H groups in total. The van der Waals surface area contributed by atoms with Crippen LogP contribution >= 0.6 is 0 Å². The number of esters is 1. The van der Waals surface area contributed by atoms with Gasteiger partial charge in [0.25, 0.3) is 5.69 Å². The molecular weight excluding hydrogens is 304 g/mol. The van der Waals surface area contributed by atoms with Gasteiger partial charge in [0.05, 0.1) is 11.2 Å². The Kier molecular flexibility index (Phi) is 3.88. The second kappa shape index (κ2) is 6.14. The molecule has 0 saturated carbocycles. The van der Waals surface area contributed by atoms with Gasteiger partial charge >= 0.3 is 5.97 Å². The number of hydrogen-bond acceptors (Lipinski definition) is 7. The lowest BCUT2D eigenvalue weighted by molar-refractivity contribution is -0.385. The molecule has 8 heteroatoms. The van der Waals surface area contributed by atoms with E-state index in [-0.39, 0.29) is 17.9 Å². The van der Waals surface area contributed by atoms with Crippen LogP contribution in [0.4, 0.5) is 5.69 Å². The monoisotopic (exact) mass is 314 g/mol. The van der Waals surface area contributed by atoms with Crippen LogP contribution in [0.3, 0.4) is 0 Å². The molecule has 0 aliphatic rings. The van der Waals surface area contributed by atoms with Crippen molar-refractivity contribution >= 4 is 11.7 Å². The van der Waals surface area contributed by atoms with E-state index in [2.05, 4.69) is 5.16 Å². The van der Waals surface area contributed by atoms with Gasteiger partial charge in [0, 0.05) is 12.1 Å². The van der Waals surface area contributed by atoms with Crippen LogP contribution in [-0.4, -0.2) is 16.0 Å². The second-order valence-electron chi connectivity index (χ2n) is 4.51. The van der Waals surface area contributed by atoms with Crippen molar-refractivity contribution in [3.8, 4) is 11.5 Å². The third-order valence-electron chi connectivity index (χ3n) is 2.99. The van der Waals surface area contributed by atoms with Crippen LogP contribution in [0.2, 0.25) is 0 Å². The summed E-state index contributed by atoms with van der Waals surface area (Å²) in [6.45, 7) is -0.172. The highest BCUT2D eigenvalue weighted by Gasteiger charge is 2.21. The van der Waals surface area contributed by atoms with Crippen molar-refractivity contribution in [1.82, 2.24) is 5.16 Å². The summed E-state index contributed by atoms with van der Waals surface area (Å²) in [7, 11) is 0. The smallest absolute Gasteiger partial charge is 0.345 e. The van der Waals surface area contributed by atoms with Gasteiger partial charge in [-0.3, -0.25) is 10.1 Å². The van der Waals surface area contributed by atoms with Crippen molar-refractivity contribution in [2.45, 2.75) is 6.61 Å². The van der Waals surface area contributed by atoms with E-state index in [0.717, 1.165) is 0 Å². The van der Waals surface area contributed by atoms with Crippen molar-refractivity contribution in [2.75, 3.05) is 0 Å². The van der Waals surface area contributed by atoms with E-state index in [1.54, 1.807) is 18.2 Å². The fourth-order valence-electron chi connectivity index (χ4n) is 1.94. The molecule has 3 aromatic rings. The predicted molar refractivity (Wildman–Crippen MR) is 76.4 cm³/mol. The number of furan rings is 1. The highest BCUT2D eigenvalue weighted by Crippen LogP contribution is 2.22. The second-order valence-corrected chi connectivity index (χ2v) is 4.51. The van der Waals surface area contributed by atoms with Crippen LogP contribution in [0.1, 0.15) is 16.1 Å². The molecule has 3 rings (SSSR count). The van der Waals surface area contributed by atoms with Gasteiger partial charge in [-0.1, -0.05) is 17.3 Å². The van der Waals surface area contributed by atoms with Crippen LogP contribution < -0.4 is 0 Å². The fourth-order valence-corrected chi connectivity index (χ4v) is 1.94. The first-order valence-electron chi connectivity index (χ1n) is 6.55. The third-order valence-corrected chi connectivity index (χ3v) is 2.99. The molecule has 0 radical (unpaired) electrons. The summed E-state index contributed by atoms with van der Waals surface area (Å²) < 4.78 is 15.3. The van der Waals surface area contributed by atoms with Crippen molar-refractivity contribution < 1.29 is 23.4 Å². The SMILES string of the molecule is O=C(OCc1cc(-c2ccco2)on1)c1ccccc1[N+](=O)[O-]. The first-order chi connectivity index (χ1) is 11.1. The van der Waals surface area contributed by atoms with E-state index >= 15 is 0 Å². The van der Waals surface area contributed by atoms with Gasteiger partial charge in [-0.15, -0.1) is 0 Å². The van der Waals surface area contributed by atoms with Gasteiger partial charge in [0.15, 0.2) is 5.76 Å². The van der Waals surface area contributed by atoms with Crippen LogP contribution in [-0.2, 0) is 11.3 Å². The van der Waals surface area contributed by atoms with Crippen LogP contribution in [0.5, 0.6) is 0 Å². The summed E-state index contributed by atoms with van der Waals surface area (Å²) >= 11 is 0. The number of ether oxygens (including phenoxy) is 1. The number of para-hydroxylation sites is 1. The lowest BCUT2D eigenvalue weighted by Gasteiger charge is -2.03. The number of nitrogens with zero attached hydrogens (tertiary/aromatic N) is 2. The van der Waals surface area contributed by atoms with Gasteiger partial charge in [0.1, 0.15) is 17.9 Å². The number of nitro groups is 1. The van der Waals surface area contributed by atoms with E-state index in [9.17, 15) is 14.9 Å². The van der Waals surface area contributed by atoms with Crippen molar-refractivity contribution in [3.63, 3.8) is 0 Å². The Bertz CT molecular complexity index is 837. The van der Waals surface area contributed by atoms with E-state index in [1.165, 1.54) is 30.5 Å². The van der Waals surface area contributed by atoms with Crippen molar-refractivity contribution in [2.24, 2.45) is 0 Å². The number of hydrogen-bond donors (Lipinski definition) is 0. The Morgan fingerprint density at radius 2 is 2.04 bits per heavy atom. The predicted octanol–water partition coefficient (Wildman–Crippen LogP) is 3.20. The molecule has 2 aromatic heterocycles. The topological polar surface area (TPSA) is 109 Å². The number of carbonyl (C=O) groups excluding carboxylic acids is 1. The molecule has 0 aliphatic heterocycles. The Morgan fingerprint density at radius 1 is 1.22 bits per heavy atom. The first kappa shape index (κ1) is 14.5. The molecule has 0 saturated heterocycles. The Labute approximate surface area is 129 Å². The molecule has 116 valence electrons. The summed E-state index contributed by atoms with van der Waals surface area (Å²) in [6, 6.07) is 10.5. The quantitative estimate of drug-likeness (QED) is 0.404. The van der Waals surface area contributed by atoms with Crippen LogP contribution in [0.15, 0.2) is 57.7 Å². The molecule has 8 nitrogen and oxygen atoms in total. The minimum absolute atomic E-state index is 0.118. The summed E-state index contributed by atoms with van der Waals surface area (Å²) in [5.74, 6) is 0.0837. The Hall–Kier alpha value is -3.42. The summed E-state index contributed by atoms with van der Waals surface area (Å²) in [5, 5.41) is 14.6. The summed E-state index contributed by atoms with van der Waals surface area (Å²) in [6.07, 6.45) is 1.49. The lowest BCUT2D eigenvalue weighted by atomic mass is 10.2. The largest absolute Gasteiger partial charge is 0.461 e. The standard InChI is InChI=1S/C15H10N2O6/c18-15(11-4-1-2-5-12(11)17(19)20)22-9-10-8-14(23-16-10)13-6-3-7-21-13/h1-8H,9H2. The van der Waals surface area contributed by atoms with E-state index < -0.39 is 10.9 Å². The number of nitro benzene ring substituents is 1. The molecule has 0 aliphatic carbocycles. The molecule has 0 spiro atoms. The number of aromatic nitrogens is 1. The van der Waals surface area contributed by atoms with Crippen LogP contribution in [0, 0.1) is 10.1 Å². The van der Waals surface area contributed by atoms with Gasteiger partial charge in [-0.2, -0.15) is 0 Å². The van der Waals surface area contributed by atoms with Crippen LogP contribution in [0.25, 0.3) is 11.5 Å². The zero-order valence-electron chi connectivity index (χ0n) is 11.7. The van der Waals surface area contributed by atoms with Gasteiger partial charge in [-0.25, -0.2) is 4.79 Å². The first-order valence-corrected chi connectivity index (χ1v) is 6.55. The maximum absolute atomic E-state index is 12.0. The third kappa shape index (κ3) is 3.10. The van der Waals surface area contributed by atoms with E-state index in [1.807, 2.05) is 0 Å². The normalized spacial score (nSPS) is 10.4. The molecule has 0 atom stereocenters.